The normalized spacial score (nSPS) is 18.6. The summed E-state index contributed by atoms with van der Waals surface area (Å²) in [7, 11) is 3.42. The molecule has 160 valence electrons. The number of nitrogens with one attached hydrogen (secondary N) is 1. The van der Waals surface area contributed by atoms with Gasteiger partial charge in [-0.3, -0.25) is 14.7 Å². The third-order valence-electron chi connectivity index (χ3n) is 6.19. The average molecular weight is 416 g/mol. The topological polar surface area (TPSA) is 54.5 Å². The van der Waals surface area contributed by atoms with Gasteiger partial charge in [0.1, 0.15) is 5.75 Å². The zero-order valence-electron chi connectivity index (χ0n) is 18.2. The molecule has 5 nitrogen and oxygen atoms in total. The zero-order valence-corrected chi connectivity index (χ0v) is 18.2. The van der Waals surface area contributed by atoms with Crippen LogP contribution in [0.5, 0.6) is 5.75 Å². The number of pyridine rings is 1. The van der Waals surface area contributed by atoms with Crippen LogP contribution in [0.2, 0.25) is 0 Å². The highest BCUT2D eigenvalue weighted by molar-refractivity contribution is 5.83. The lowest BCUT2D eigenvalue weighted by atomic mass is 9.79. The van der Waals surface area contributed by atoms with E-state index in [1.165, 1.54) is 11.1 Å². The summed E-state index contributed by atoms with van der Waals surface area (Å²) in [6.45, 7) is 2.46. The van der Waals surface area contributed by atoms with Crippen molar-refractivity contribution in [3.05, 3.63) is 84.2 Å². The predicted molar refractivity (Wildman–Crippen MR) is 123 cm³/mol. The number of carbonyl (C=O) groups excluding carboxylic acids is 1. The van der Waals surface area contributed by atoms with Crippen molar-refractivity contribution in [2.75, 3.05) is 27.2 Å². The van der Waals surface area contributed by atoms with Crippen molar-refractivity contribution in [1.29, 1.82) is 0 Å². The maximum atomic E-state index is 13.0. The van der Waals surface area contributed by atoms with Crippen molar-refractivity contribution in [1.82, 2.24) is 15.2 Å². The fourth-order valence-corrected chi connectivity index (χ4v) is 4.55. The SMILES string of the molecule is CNC(=O)[C@]1(Cc2ccc(-c3ccncc3)cc2)CCN(Cc2cccc(OC)c2)C1. The van der Waals surface area contributed by atoms with Crippen LogP contribution in [-0.2, 0) is 17.8 Å². The van der Waals surface area contributed by atoms with Gasteiger partial charge in [0.15, 0.2) is 0 Å². The summed E-state index contributed by atoms with van der Waals surface area (Å²) < 4.78 is 5.35. The molecule has 3 aromatic rings. The molecule has 0 unspecified atom stereocenters. The van der Waals surface area contributed by atoms with Gasteiger partial charge in [0.2, 0.25) is 5.91 Å². The van der Waals surface area contributed by atoms with Gasteiger partial charge in [-0.05, 0) is 65.9 Å². The van der Waals surface area contributed by atoms with Gasteiger partial charge in [-0.2, -0.15) is 0 Å². The van der Waals surface area contributed by atoms with Crippen molar-refractivity contribution in [3.8, 4) is 16.9 Å². The Bertz CT molecular complexity index is 1020. The molecule has 2 heterocycles. The fourth-order valence-electron chi connectivity index (χ4n) is 4.55. The number of methoxy groups -OCH3 is 1. The second kappa shape index (κ2) is 9.31. The molecule has 0 spiro atoms. The van der Waals surface area contributed by atoms with E-state index in [1.807, 2.05) is 24.3 Å². The lowest BCUT2D eigenvalue weighted by Gasteiger charge is -2.28. The molecule has 1 fully saturated rings. The minimum Gasteiger partial charge on any atom is -0.497 e. The first kappa shape index (κ1) is 21.1. The summed E-state index contributed by atoms with van der Waals surface area (Å²) in [5.74, 6) is 0.988. The summed E-state index contributed by atoms with van der Waals surface area (Å²) in [6, 6.07) is 20.7. The van der Waals surface area contributed by atoms with Crippen LogP contribution < -0.4 is 10.1 Å². The average Bonchev–Trinajstić information content (AvgIpc) is 3.23. The first-order chi connectivity index (χ1) is 15.1. The number of carbonyl (C=O) groups is 1. The van der Waals surface area contributed by atoms with E-state index in [0.717, 1.165) is 49.4 Å². The Hall–Kier alpha value is -3.18. The summed E-state index contributed by atoms with van der Waals surface area (Å²) in [5, 5.41) is 2.92. The van der Waals surface area contributed by atoms with Crippen LogP contribution in [0.3, 0.4) is 0 Å². The molecule has 0 aliphatic carbocycles. The van der Waals surface area contributed by atoms with E-state index in [2.05, 4.69) is 51.6 Å². The molecule has 0 saturated carbocycles. The second-order valence-electron chi connectivity index (χ2n) is 8.28. The first-order valence-electron chi connectivity index (χ1n) is 10.7. The molecule has 1 aliphatic rings. The van der Waals surface area contributed by atoms with Crippen LogP contribution in [0.25, 0.3) is 11.1 Å². The van der Waals surface area contributed by atoms with Gasteiger partial charge < -0.3 is 10.1 Å². The zero-order chi connectivity index (χ0) is 21.7. The lowest BCUT2D eigenvalue weighted by molar-refractivity contribution is -0.130. The molecule has 1 aromatic heterocycles. The number of benzene rings is 2. The van der Waals surface area contributed by atoms with E-state index in [9.17, 15) is 4.79 Å². The lowest BCUT2D eigenvalue weighted by Crippen LogP contribution is -2.43. The molecule has 0 bridgehead atoms. The Kier molecular flexibility index (Phi) is 6.33. The molecule has 2 aromatic carbocycles. The number of hydrogen-bond acceptors (Lipinski definition) is 4. The van der Waals surface area contributed by atoms with Gasteiger partial charge in [0.05, 0.1) is 12.5 Å². The molecule has 0 radical (unpaired) electrons. The molecule has 1 N–H and O–H groups in total. The Morgan fingerprint density at radius 1 is 1.06 bits per heavy atom. The van der Waals surface area contributed by atoms with E-state index >= 15 is 0 Å². The molecule has 1 atom stereocenters. The van der Waals surface area contributed by atoms with E-state index in [0.29, 0.717) is 0 Å². The summed E-state index contributed by atoms with van der Waals surface area (Å²) in [4.78, 5) is 19.4. The number of aromatic nitrogens is 1. The molecular formula is C26H29N3O2. The number of hydrogen-bond donors (Lipinski definition) is 1. The van der Waals surface area contributed by atoms with Gasteiger partial charge in [-0.25, -0.2) is 0 Å². The molecule has 1 aliphatic heterocycles. The predicted octanol–water partition coefficient (Wildman–Crippen LogP) is 3.94. The second-order valence-corrected chi connectivity index (χ2v) is 8.28. The number of rotatable bonds is 7. The molecule has 4 rings (SSSR count). The largest absolute Gasteiger partial charge is 0.497 e. The van der Waals surface area contributed by atoms with Crippen molar-refractivity contribution in [3.63, 3.8) is 0 Å². The highest BCUT2D eigenvalue weighted by Crippen LogP contribution is 2.36. The Morgan fingerprint density at radius 3 is 2.52 bits per heavy atom. The molecule has 5 heteroatoms. The van der Waals surface area contributed by atoms with Gasteiger partial charge >= 0.3 is 0 Å². The van der Waals surface area contributed by atoms with Crippen molar-refractivity contribution in [2.45, 2.75) is 19.4 Å². The quantitative estimate of drug-likeness (QED) is 0.635. The van der Waals surface area contributed by atoms with E-state index in [-0.39, 0.29) is 5.91 Å². The highest BCUT2D eigenvalue weighted by atomic mass is 16.5. The van der Waals surface area contributed by atoms with Gasteiger partial charge in [0.25, 0.3) is 0 Å². The monoisotopic (exact) mass is 415 g/mol. The van der Waals surface area contributed by atoms with Crippen LogP contribution in [-0.4, -0.2) is 43.0 Å². The summed E-state index contributed by atoms with van der Waals surface area (Å²) in [5.41, 5.74) is 4.28. The van der Waals surface area contributed by atoms with Crippen LogP contribution in [0.15, 0.2) is 73.1 Å². The van der Waals surface area contributed by atoms with E-state index in [4.69, 9.17) is 4.74 Å². The van der Waals surface area contributed by atoms with Gasteiger partial charge in [-0.15, -0.1) is 0 Å². The smallest absolute Gasteiger partial charge is 0.227 e. The van der Waals surface area contributed by atoms with Crippen molar-refractivity contribution < 1.29 is 9.53 Å². The third kappa shape index (κ3) is 4.78. The Morgan fingerprint density at radius 2 is 1.81 bits per heavy atom. The molecule has 1 saturated heterocycles. The maximum Gasteiger partial charge on any atom is 0.227 e. The van der Waals surface area contributed by atoms with Crippen molar-refractivity contribution >= 4 is 5.91 Å². The van der Waals surface area contributed by atoms with E-state index in [1.54, 1.807) is 26.6 Å². The van der Waals surface area contributed by atoms with Crippen LogP contribution in [0.4, 0.5) is 0 Å². The first-order valence-corrected chi connectivity index (χ1v) is 10.7. The highest BCUT2D eigenvalue weighted by Gasteiger charge is 2.44. The molecule has 1 amide bonds. The Labute approximate surface area is 184 Å². The van der Waals surface area contributed by atoms with Gasteiger partial charge in [-0.1, -0.05) is 36.4 Å². The standard InChI is InChI=1S/C26H29N3O2/c1-27-25(30)26(12-15-29(19-26)18-21-4-3-5-24(16-21)31-2)17-20-6-8-22(9-7-20)23-10-13-28-14-11-23/h3-11,13-14,16H,12,15,17-19H2,1-2H3,(H,27,30)/t26-/m0/s1. The number of nitrogens with zero attached hydrogens (tertiary/aromatic N) is 2. The van der Waals surface area contributed by atoms with Crippen molar-refractivity contribution in [2.24, 2.45) is 5.41 Å². The number of ether oxygens (including phenoxy) is 1. The number of likely N-dealkylation sites (tertiary alicyclic amines) is 1. The minimum atomic E-state index is -0.411. The number of amides is 1. The third-order valence-corrected chi connectivity index (χ3v) is 6.19. The van der Waals surface area contributed by atoms with Gasteiger partial charge in [0, 0.05) is 32.5 Å². The van der Waals surface area contributed by atoms with Crippen LogP contribution in [0.1, 0.15) is 17.5 Å². The molecular weight excluding hydrogens is 386 g/mol. The summed E-state index contributed by atoms with van der Waals surface area (Å²) in [6.07, 6.45) is 5.19. The summed E-state index contributed by atoms with van der Waals surface area (Å²) >= 11 is 0. The van der Waals surface area contributed by atoms with Crippen LogP contribution in [0, 0.1) is 5.41 Å². The molecule has 31 heavy (non-hydrogen) atoms. The Balaban J connectivity index is 1.49. The fraction of sp³-hybridized carbons (Fsp3) is 0.308. The minimum absolute atomic E-state index is 0.124. The van der Waals surface area contributed by atoms with Crippen LogP contribution >= 0.6 is 0 Å². The van der Waals surface area contributed by atoms with E-state index < -0.39 is 5.41 Å². The maximum absolute atomic E-state index is 13.0.